The summed E-state index contributed by atoms with van der Waals surface area (Å²) >= 11 is 0. The van der Waals surface area contributed by atoms with E-state index in [4.69, 9.17) is 14.2 Å². The van der Waals surface area contributed by atoms with Crippen molar-refractivity contribution in [2.45, 2.75) is 11.3 Å². The van der Waals surface area contributed by atoms with Gasteiger partial charge in [-0.1, -0.05) is 18.2 Å². The van der Waals surface area contributed by atoms with Gasteiger partial charge in [0.15, 0.2) is 11.5 Å². The molecule has 2 aromatic carbocycles. The molecule has 1 amide bonds. The van der Waals surface area contributed by atoms with Crippen LogP contribution in [0.1, 0.15) is 6.42 Å². The summed E-state index contributed by atoms with van der Waals surface area (Å²) in [4.78, 5) is 15.0. The number of sulfonamides is 1. The number of methoxy groups -OCH3 is 2. The second-order valence-corrected chi connectivity index (χ2v) is 9.38. The lowest BCUT2D eigenvalue weighted by atomic mass is 10.3. The molecule has 180 valence electrons. The van der Waals surface area contributed by atoms with Gasteiger partial charge in [-0.2, -0.15) is 0 Å². The van der Waals surface area contributed by atoms with E-state index >= 15 is 0 Å². The smallest absolute Gasteiger partial charge is 0.264 e. The third-order valence-electron chi connectivity index (χ3n) is 5.35. The monoisotopic (exact) mass is 477 g/mol. The van der Waals surface area contributed by atoms with Crippen molar-refractivity contribution in [2.75, 3.05) is 64.5 Å². The molecule has 0 unspecified atom stereocenters. The molecular weight excluding hydrogens is 446 g/mol. The molecule has 0 atom stereocenters. The van der Waals surface area contributed by atoms with Crippen LogP contribution in [0.25, 0.3) is 0 Å². The zero-order valence-electron chi connectivity index (χ0n) is 19.0. The molecule has 0 radical (unpaired) electrons. The summed E-state index contributed by atoms with van der Waals surface area (Å²) in [7, 11) is -1.12. The number of nitrogens with one attached hydrogen (secondary N) is 1. The standard InChI is InChI=1S/C23H31N3O6S/c1-30-21-10-9-20(17-22(21)31-2)33(28,29)26(19-7-4-3-5-8-19)18-23(27)24-11-6-12-25-13-15-32-16-14-25/h3-5,7-10,17H,6,11-16,18H2,1-2H3,(H,24,27). The van der Waals surface area contributed by atoms with Crippen LogP contribution < -0.4 is 19.1 Å². The zero-order valence-corrected chi connectivity index (χ0v) is 19.8. The molecule has 10 heteroatoms. The van der Waals surface area contributed by atoms with Crippen LogP contribution in [0.5, 0.6) is 11.5 Å². The number of rotatable bonds is 11. The largest absolute Gasteiger partial charge is 0.493 e. The average molecular weight is 478 g/mol. The van der Waals surface area contributed by atoms with Crippen molar-refractivity contribution < 1.29 is 27.4 Å². The number of morpholine rings is 1. The summed E-state index contributed by atoms with van der Waals surface area (Å²) in [5, 5.41) is 2.84. The van der Waals surface area contributed by atoms with Crippen LogP contribution in [0.15, 0.2) is 53.4 Å². The van der Waals surface area contributed by atoms with Gasteiger partial charge < -0.3 is 19.5 Å². The minimum atomic E-state index is -4.04. The number of nitrogens with zero attached hydrogens (tertiary/aromatic N) is 2. The first-order chi connectivity index (χ1) is 16.0. The fraction of sp³-hybridized carbons (Fsp3) is 0.435. The van der Waals surface area contributed by atoms with Gasteiger partial charge in [0, 0.05) is 25.7 Å². The van der Waals surface area contributed by atoms with E-state index in [1.165, 1.54) is 32.4 Å². The SMILES string of the molecule is COc1ccc(S(=O)(=O)N(CC(=O)NCCCN2CCOCC2)c2ccccc2)cc1OC. The van der Waals surface area contributed by atoms with E-state index in [1.807, 2.05) is 0 Å². The van der Waals surface area contributed by atoms with Gasteiger partial charge in [0.05, 0.1) is 38.0 Å². The fourth-order valence-electron chi connectivity index (χ4n) is 3.56. The van der Waals surface area contributed by atoms with Gasteiger partial charge in [0.25, 0.3) is 10.0 Å². The highest BCUT2D eigenvalue weighted by Crippen LogP contribution is 2.32. The normalized spacial score (nSPS) is 14.5. The highest BCUT2D eigenvalue weighted by atomic mass is 32.2. The molecule has 0 bridgehead atoms. The van der Waals surface area contributed by atoms with E-state index in [1.54, 1.807) is 30.3 Å². The van der Waals surface area contributed by atoms with E-state index in [2.05, 4.69) is 10.2 Å². The molecule has 1 fully saturated rings. The number of amides is 1. The third kappa shape index (κ3) is 6.59. The van der Waals surface area contributed by atoms with Crippen LogP contribution in [-0.4, -0.2) is 79.4 Å². The molecule has 0 aromatic heterocycles. The van der Waals surface area contributed by atoms with Gasteiger partial charge in [-0.15, -0.1) is 0 Å². The Hall–Kier alpha value is -2.82. The predicted molar refractivity (Wildman–Crippen MR) is 125 cm³/mol. The summed E-state index contributed by atoms with van der Waals surface area (Å²) in [5.41, 5.74) is 0.399. The first-order valence-electron chi connectivity index (χ1n) is 10.8. The van der Waals surface area contributed by atoms with Crippen LogP contribution >= 0.6 is 0 Å². The molecule has 2 aromatic rings. The summed E-state index contributed by atoms with van der Waals surface area (Å²) in [5.74, 6) is 0.338. The number of hydrogen-bond acceptors (Lipinski definition) is 7. The Labute approximate surface area is 195 Å². The fourth-order valence-corrected chi connectivity index (χ4v) is 4.99. The maximum absolute atomic E-state index is 13.5. The van der Waals surface area contributed by atoms with Gasteiger partial charge >= 0.3 is 0 Å². The van der Waals surface area contributed by atoms with Crippen molar-refractivity contribution in [1.29, 1.82) is 0 Å². The number of benzene rings is 2. The lowest BCUT2D eigenvalue weighted by Crippen LogP contribution is -2.42. The molecule has 9 nitrogen and oxygen atoms in total. The third-order valence-corrected chi connectivity index (χ3v) is 7.12. The van der Waals surface area contributed by atoms with Gasteiger partial charge in [0.2, 0.25) is 5.91 Å². The van der Waals surface area contributed by atoms with E-state index in [-0.39, 0.29) is 17.3 Å². The van der Waals surface area contributed by atoms with E-state index in [0.717, 1.165) is 43.6 Å². The summed E-state index contributed by atoms with van der Waals surface area (Å²) < 4.78 is 43.9. The Bertz CT molecular complexity index is 1010. The zero-order chi connectivity index (χ0) is 23.7. The van der Waals surface area contributed by atoms with E-state index in [0.29, 0.717) is 23.7 Å². The molecule has 0 saturated carbocycles. The Morgan fingerprint density at radius 1 is 1.06 bits per heavy atom. The summed E-state index contributed by atoms with van der Waals surface area (Å²) in [6.45, 7) is 4.22. The molecule has 3 rings (SSSR count). The van der Waals surface area contributed by atoms with Crippen LogP contribution in [0.2, 0.25) is 0 Å². The predicted octanol–water partition coefficient (Wildman–Crippen LogP) is 1.74. The van der Waals surface area contributed by atoms with Crippen LogP contribution in [0.3, 0.4) is 0 Å². The Kier molecular flexibility index (Phi) is 8.93. The van der Waals surface area contributed by atoms with Crippen LogP contribution in [0.4, 0.5) is 5.69 Å². The maximum Gasteiger partial charge on any atom is 0.264 e. The number of hydrogen-bond donors (Lipinski definition) is 1. The van der Waals surface area contributed by atoms with Gasteiger partial charge in [-0.05, 0) is 37.2 Å². The molecule has 0 spiro atoms. The van der Waals surface area contributed by atoms with Crippen LogP contribution in [0, 0.1) is 0 Å². The van der Waals surface area contributed by atoms with Crippen molar-refractivity contribution in [3.05, 3.63) is 48.5 Å². The highest BCUT2D eigenvalue weighted by Gasteiger charge is 2.28. The molecule has 1 aliphatic heterocycles. The summed E-state index contributed by atoms with van der Waals surface area (Å²) in [6.07, 6.45) is 0.777. The van der Waals surface area contributed by atoms with Gasteiger partial charge in [-0.25, -0.2) is 8.42 Å². The minimum Gasteiger partial charge on any atom is -0.493 e. The van der Waals surface area contributed by atoms with Crippen molar-refractivity contribution in [3.8, 4) is 11.5 Å². The van der Waals surface area contributed by atoms with Gasteiger partial charge in [0.1, 0.15) is 6.54 Å². The first-order valence-corrected chi connectivity index (χ1v) is 12.3. The number of anilines is 1. The first kappa shape index (κ1) is 24.8. The van der Waals surface area contributed by atoms with Crippen molar-refractivity contribution in [1.82, 2.24) is 10.2 Å². The average Bonchev–Trinajstić information content (AvgIpc) is 2.85. The molecule has 1 saturated heterocycles. The molecule has 33 heavy (non-hydrogen) atoms. The molecule has 1 N–H and O–H groups in total. The van der Waals surface area contributed by atoms with Crippen molar-refractivity contribution in [2.24, 2.45) is 0 Å². The minimum absolute atomic E-state index is 0.00382. The van der Waals surface area contributed by atoms with Gasteiger partial charge in [-0.3, -0.25) is 14.0 Å². The second kappa shape index (κ2) is 11.9. The number of ether oxygens (including phenoxy) is 3. The molecule has 0 aliphatic carbocycles. The Morgan fingerprint density at radius 2 is 1.76 bits per heavy atom. The lowest BCUT2D eigenvalue weighted by molar-refractivity contribution is -0.119. The number of carbonyl (C=O) groups is 1. The second-order valence-electron chi connectivity index (χ2n) is 7.52. The molecule has 1 aliphatic rings. The molecule has 1 heterocycles. The number of para-hydroxylation sites is 1. The Balaban J connectivity index is 1.71. The topological polar surface area (TPSA) is 97.4 Å². The maximum atomic E-state index is 13.5. The van der Waals surface area contributed by atoms with Crippen molar-refractivity contribution >= 4 is 21.6 Å². The van der Waals surface area contributed by atoms with E-state index in [9.17, 15) is 13.2 Å². The Morgan fingerprint density at radius 3 is 2.42 bits per heavy atom. The summed E-state index contributed by atoms with van der Waals surface area (Å²) in [6, 6.07) is 12.9. The number of carbonyl (C=O) groups excluding carboxylic acids is 1. The highest BCUT2D eigenvalue weighted by molar-refractivity contribution is 7.92. The molecular formula is C23H31N3O6S. The lowest BCUT2D eigenvalue weighted by Gasteiger charge is -2.26. The quantitative estimate of drug-likeness (QED) is 0.493. The van der Waals surface area contributed by atoms with Crippen molar-refractivity contribution in [3.63, 3.8) is 0 Å². The van der Waals surface area contributed by atoms with E-state index < -0.39 is 10.0 Å². The van der Waals surface area contributed by atoms with Crippen LogP contribution in [-0.2, 0) is 19.6 Å².